The molecule has 0 radical (unpaired) electrons. The Kier molecular flexibility index (Phi) is 4.90. The Balaban J connectivity index is 2.52. The molecule has 0 aliphatic heterocycles. The Morgan fingerprint density at radius 2 is 1.96 bits per heavy atom. The number of nitrogens with zero attached hydrogens (tertiary/aromatic N) is 1. The number of halogens is 1. The van der Waals surface area contributed by atoms with Gasteiger partial charge in [-0.1, -0.05) is 18.2 Å². The van der Waals surface area contributed by atoms with Crippen molar-refractivity contribution in [3.8, 4) is 11.5 Å². The summed E-state index contributed by atoms with van der Waals surface area (Å²) in [6.45, 7) is 3.47. The molecule has 0 bridgehead atoms. The third-order valence-corrected chi connectivity index (χ3v) is 3.07. The molecular formula is C16H14FNO5. The lowest BCUT2D eigenvalue weighted by atomic mass is 10.1. The summed E-state index contributed by atoms with van der Waals surface area (Å²) in [5.41, 5.74) is 0.133. The second-order valence-electron chi connectivity index (χ2n) is 4.62. The van der Waals surface area contributed by atoms with Gasteiger partial charge in [0, 0.05) is 6.07 Å². The van der Waals surface area contributed by atoms with E-state index in [4.69, 9.17) is 9.47 Å². The number of nitro benzene ring substituents is 1. The Morgan fingerprint density at radius 1 is 1.26 bits per heavy atom. The summed E-state index contributed by atoms with van der Waals surface area (Å²) in [4.78, 5) is 22.3. The first-order chi connectivity index (χ1) is 11.0. The molecule has 2 aromatic rings. The highest BCUT2D eigenvalue weighted by atomic mass is 19.1. The van der Waals surface area contributed by atoms with Crippen molar-refractivity contribution < 1.29 is 23.6 Å². The summed E-state index contributed by atoms with van der Waals surface area (Å²) in [5.74, 6) is -2.08. The fourth-order valence-electron chi connectivity index (χ4n) is 2.04. The molecule has 23 heavy (non-hydrogen) atoms. The van der Waals surface area contributed by atoms with Crippen molar-refractivity contribution in [2.24, 2.45) is 0 Å². The second kappa shape index (κ2) is 6.87. The van der Waals surface area contributed by atoms with E-state index in [2.05, 4.69) is 0 Å². The number of nitro groups is 1. The van der Waals surface area contributed by atoms with Crippen LogP contribution in [0.5, 0.6) is 11.5 Å². The highest BCUT2D eigenvalue weighted by Gasteiger charge is 2.24. The van der Waals surface area contributed by atoms with E-state index in [0.29, 0.717) is 5.56 Å². The molecular weight excluding hydrogens is 305 g/mol. The van der Waals surface area contributed by atoms with Crippen molar-refractivity contribution >= 4 is 11.7 Å². The third-order valence-electron chi connectivity index (χ3n) is 3.07. The number of ether oxygens (including phenoxy) is 2. The van der Waals surface area contributed by atoms with Crippen LogP contribution in [0.4, 0.5) is 10.1 Å². The van der Waals surface area contributed by atoms with E-state index >= 15 is 0 Å². The minimum absolute atomic E-state index is 0.00310. The van der Waals surface area contributed by atoms with Gasteiger partial charge in [-0.3, -0.25) is 10.1 Å². The molecule has 0 aliphatic rings. The average Bonchev–Trinajstić information content (AvgIpc) is 2.49. The molecule has 0 atom stereocenters. The average molecular weight is 319 g/mol. The Hall–Kier alpha value is -2.96. The van der Waals surface area contributed by atoms with E-state index in [1.807, 2.05) is 0 Å². The van der Waals surface area contributed by atoms with Gasteiger partial charge in [-0.15, -0.1) is 0 Å². The summed E-state index contributed by atoms with van der Waals surface area (Å²) >= 11 is 0. The summed E-state index contributed by atoms with van der Waals surface area (Å²) in [6, 6.07) is 8.06. The van der Waals surface area contributed by atoms with E-state index in [0.717, 1.165) is 12.1 Å². The molecule has 0 N–H and O–H groups in total. The monoisotopic (exact) mass is 319 g/mol. The summed E-state index contributed by atoms with van der Waals surface area (Å²) in [6.07, 6.45) is 0. The van der Waals surface area contributed by atoms with E-state index in [1.165, 1.54) is 12.1 Å². The number of hydrogen-bond acceptors (Lipinski definition) is 5. The van der Waals surface area contributed by atoms with Crippen LogP contribution in [0.15, 0.2) is 36.4 Å². The van der Waals surface area contributed by atoms with Crippen LogP contribution < -0.4 is 4.74 Å². The lowest BCUT2D eigenvalue weighted by Crippen LogP contribution is -2.09. The van der Waals surface area contributed by atoms with Gasteiger partial charge in [0.2, 0.25) is 5.75 Å². The van der Waals surface area contributed by atoms with Crippen molar-refractivity contribution in [2.45, 2.75) is 13.8 Å². The predicted molar refractivity (Wildman–Crippen MR) is 80.3 cm³/mol. The fourth-order valence-corrected chi connectivity index (χ4v) is 2.04. The number of hydrogen-bond donors (Lipinski definition) is 0. The van der Waals surface area contributed by atoms with Crippen molar-refractivity contribution in [3.63, 3.8) is 0 Å². The summed E-state index contributed by atoms with van der Waals surface area (Å²) in [5, 5.41) is 11.0. The number of para-hydroxylation sites is 1. The van der Waals surface area contributed by atoms with E-state index in [9.17, 15) is 19.3 Å². The van der Waals surface area contributed by atoms with Crippen molar-refractivity contribution in [3.05, 3.63) is 63.5 Å². The number of esters is 1. The zero-order chi connectivity index (χ0) is 17.0. The van der Waals surface area contributed by atoms with Gasteiger partial charge in [0.25, 0.3) is 0 Å². The summed E-state index contributed by atoms with van der Waals surface area (Å²) < 4.78 is 24.2. The molecule has 0 aliphatic carbocycles. The van der Waals surface area contributed by atoms with Crippen LogP contribution >= 0.6 is 0 Å². The van der Waals surface area contributed by atoms with E-state index in [-0.39, 0.29) is 17.9 Å². The van der Waals surface area contributed by atoms with Crippen molar-refractivity contribution in [1.29, 1.82) is 0 Å². The molecule has 0 unspecified atom stereocenters. The molecule has 120 valence electrons. The Morgan fingerprint density at radius 3 is 2.61 bits per heavy atom. The molecule has 0 saturated heterocycles. The van der Waals surface area contributed by atoms with Crippen molar-refractivity contribution in [2.75, 3.05) is 6.61 Å². The highest BCUT2D eigenvalue weighted by Crippen LogP contribution is 2.36. The topological polar surface area (TPSA) is 78.7 Å². The number of rotatable bonds is 5. The van der Waals surface area contributed by atoms with Crippen LogP contribution in [0.2, 0.25) is 0 Å². The molecule has 0 fully saturated rings. The largest absolute Gasteiger partial charge is 0.462 e. The minimum Gasteiger partial charge on any atom is -0.462 e. The van der Waals surface area contributed by atoms with Gasteiger partial charge in [0.15, 0.2) is 5.82 Å². The quantitative estimate of drug-likeness (QED) is 0.472. The zero-order valence-corrected chi connectivity index (χ0v) is 12.5. The number of carbonyl (C=O) groups excluding carboxylic acids is 1. The lowest BCUT2D eigenvalue weighted by molar-refractivity contribution is -0.385. The molecule has 0 heterocycles. The highest BCUT2D eigenvalue weighted by molar-refractivity contribution is 5.94. The fraction of sp³-hybridized carbons (Fsp3) is 0.188. The van der Waals surface area contributed by atoms with Gasteiger partial charge in [-0.2, -0.15) is 0 Å². The first-order valence-corrected chi connectivity index (χ1v) is 6.83. The SMILES string of the molecule is CCOC(=O)c1c(C)cccc1Oc1c(F)cccc1[N+](=O)[O-]. The van der Waals surface area contributed by atoms with Crippen LogP contribution in [-0.4, -0.2) is 17.5 Å². The van der Waals surface area contributed by atoms with Crippen LogP contribution in [0.1, 0.15) is 22.8 Å². The first kappa shape index (κ1) is 16.4. The number of carbonyl (C=O) groups is 1. The minimum atomic E-state index is -0.893. The number of benzene rings is 2. The van der Waals surface area contributed by atoms with Gasteiger partial charge >= 0.3 is 11.7 Å². The second-order valence-corrected chi connectivity index (χ2v) is 4.62. The predicted octanol–water partition coefficient (Wildman–Crippen LogP) is 4.01. The van der Waals surface area contributed by atoms with Crippen LogP contribution in [0.3, 0.4) is 0 Å². The van der Waals surface area contributed by atoms with Gasteiger partial charge in [0.05, 0.1) is 11.5 Å². The standard InChI is InChI=1S/C16H14FNO5/c1-3-22-16(19)14-10(2)6-4-9-13(14)23-15-11(17)7-5-8-12(15)18(20)21/h4-9H,3H2,1-2H3. The lowest BCUT2D eigenvalue weighted by Gasteiger charge is -2.13. The van der Waals surface area contributed by atoms with Crippen LogP contribution in [0.25, 0.3) is 0 Å². The Labute approximate surface area is 131 Å². The van der Waals surface area contributed by atoms with Gasteiger partial charge in [-0.05, 0) is 31.5 Å². The maximum absolute atomic E-state index is 13.9. The summed E-state index contributed by atoms with van der Waals surface area (Å²) in [7, 11) is 0. The first-order valence-electron chi connectivity index (χ1n) is 6.83. The molecule has 2 rings (SSSR count). The Bertz CT molecular complexity index is 760. The molecule has 0 aromatic heterocycles. The molecule has 2 aromatic carbocycles. The van der Waals surface area contributed by atoms with E-state index < -0.39 is 28.1 Å². The van der Waals surface area contributed by atoms with Crippen molar-refractivity contribution in [1.82, 2.24) is 0 Å². The smallest absolute Gasteiger partial charge is 0.342 e. The number of aryl methyl sites for hydroxylation is 1. The molecule has 0 spiro atoms. The van der Waals surface area contributed by atoms with Crippen LogP contribution in [-0.2, 0) is 4.74 Å². The maximum Gasteiger partial charge on any atom is 0.342 e. The van der Waals surface area contributed by atoms with Gasteiger partial charge in [0.1, 0.15) is 11.3 Å². The van der Waals surface area contributed by atoms with Gasteiger partial charge in [-0.25, -0.2) is 9.18 Å². The van der Waals surface area contributed by atoms with E-state index in [1.54, 1.807) is 26.0 Å². The normalized spacial score (nSPS) is 10.2. The third kappa shape index (κ3) is 3.45. The maximum atomic E-state index is 13.9. The zero-order valence-electron chi connectivity index (χ0n) is 12.5. The van der Waals surface area contributed by atoms with Crippen LogP contribution in [0, 0.1) is 22.9 Å². The molecule has 0 amide bonds. The molecule has 0 saturated carbocycles. The molecule has 6 nitrogen and oxygen atoms in total. The van der Waals surface area contributed by atoms with Gasteiger partial charge < -0.3 is 9.47 Å². The molecule has 7 heteroatoms.